The molecule has 130 valence electrons. The SMILES string of the molecule is Cc1[nH]c2ccccc2c1C(=O)OCc1noc(-c2ccc(F)cc2)n1. The molecule has 0 bridgehead atoms. The number of esters is 1. The van der Waals surface area contributed by atoms with Crippen LogP contribution in [0.2, 0.25) is 0 Å². The van der Waals surface area contributed by atoms with Gasteiger partial charge in [0.05, 0.1) is 5.56 Å². The summed E-state index contributed by atoms with van der Waals surface area (Å²) in [7, 11) is 0. The molecular weight excluding hydrogens is 337 g/mol. The first kappa shape index (κ1) is 16.0. The molecular formula is C19H14FN3O3. The summed E-state index contributed by atoms with van der Waals surface area (Å²) in [6, 6.07) is 13.2. The Morgan fingerprint density at radius 1 is 1.19 bits per heavy atom. The molecule has 0 unspecified atom stereocenters. The first-order valence-electron chi connectivity index (χ1n) is 7.95. The molecule has 4 aromatic rings. The summed E-state index contributed by atoms with van der Waals surface area (Å²) < 4.78 is 23.4. The van der Waals surface area contributed by atoms with E-state index in [1.807, 2.05) is 31.2 Å². The van der Waals surface area contributed by atoms with Gasteiger partial charge in [-0.05, 0) is 37.3 Å². The van der Waals surface area contributed by atoms with E-state index >= 15 is 0 Å². The molecule has 0 fully saturated rings. The number of fused-ring (bicyclic) bond motifs is 1. The van der Waals surface area contributed by atoms with Crippen LogP contribution in [0.1, 0.15) is 21.9 Å². The maximum absolute atomic E-state index is 13.0. The van der Waals surface area contributed by atoms with Gasteiger partial charge in [0.15, 0.2) is 6.61 Å². The minimum absolute atomic E-state index is 0.123. The van der Waals surface area contributed by atoms with Gasteiger partial charge in [-0.2, -0.15) is 4.98 Å². The topological polar surface area (TPSA) is 81.0 Å². The molecule has 2 aromatic heterocycles. The van der Waals surface area contributed by atoms with E-state index in [0.29, 0.717) is 11.1 Å². The van der Waals surface area contributed by atoms with Gasteiger partial charge in [0, 0.05) is 22.2 Å². The van der Waals surface area contributed by atoms with Crippen LogP contribution >= 0.6 is 0 Å². The van der Waals surface area contributed by atoms with Gasteiger partial charge >= 0.3 is 5.97 Å². The number of carbonyl (C=O) groups is 1. The highest BCUT2D eigenvalue weighted by Gasteiger charge is 2.18. The van der Waals surface area contributed by atoms with Gasteiger partial charge in [-0.3, -0.25) is 0 Å². The maximum Gasteiger partial charge on any atom is 0.341 e. The van der Waals surface area contributed by atoms with Crippen molar-refractivity contribution >= 4 is 16.9 Å². The van der Waals surface area contributed by atoms with Gasteiger partial charge in [-0.25, -0.2) is 9.18 Å². The Morgan fingerprint density at radius 3 is 2.77 bits per heavy atom. The van der Waals surface area contributed by atoms with E-state index in [-0.39, 0.29) is 24.1 Å². The van der Waals surface area contributed by atoms with Crippen molar-refractivity contribution in [1.29, 1.82) is 0 Å². The molecule has 0 spiro atoms. The smallest absolute Gasteiger partial charge is 0.341 e. The number of carbonyl (C=O) groups excluding carboxylic acids is 1. The van der Waals surface area contributed by atoms with Crippen LogP contribution in [0.5, 0.6) is 0 Å². The standard InChI is InChI=1S/C19H14FN3O3/c1-11-17(14-4-2-3-5-15(14)21-11)19(24)25-10-16-22-18(26-23-16)12-6-8-13(20)9-7-12/h2-9,21H,10H2,1H3. The second-order valence-electron chi connectivity index (χ2n) is 5.77. The number of aryl methyl sites for hydroxylation is 1. The summed E-state index contributed by atoms with van der Waals surface area (Å²) in [5.41, 5.74) is 2.68. The van der Waals surface area contributed by atoms with Crippen LogP contribution in [0.15, 0.2) is 53.1 Å². The van der Waals surface area contributed by atoms with Crippen molar-refractivity contribution < 1.29 is 18.4 Å². The van der Waals surface area contributed by atoms with Gasteiger partial charge in [0.1, 0.15) is 5.82 Å². The van der Waals surface area contributed by atoms with Crippen LogP contribution in [0, 0.1) is 12.7 Å². The number of hydrogen-bond donors (Lipinski definition) is 1. The zero-order valence-electron chi connectivity index (χ0n) is 13.8. The molecule has 0 saturated carbocycles. The highest BCUT2D eigenvalue weighted by Crippen LogP contribution is 2.23. The van der Waals surface area contributed by atoms with Crippen LogP contribution in [0.25, 0.3) is 22.4 Å². The molecule has 26 heavy (non-hydrogen) atoms. The molecule has 0 amide bonds. The van der Waals surface area contributed by atoms with Crippen LogP contribution in [-0.2, 0) is 11.3 Å². The molecule has 0 aliphatic carbocycles. The maximum atomic E-state index is 13.0. The quantitative estimate of drug-likeness (QED) is 0.562. The highest BCUT2D eigenvalue weighted by atomic mass is 19.1. The van der Waals surface area contributed by atoms with E-state index < -0.39 is 5.97 Å². The van der Waals surface area contributed by atoms with Crippen LogP contribution in [0.4, 0.5) is 4.39 Å². The molecule has 0 aliphatic heterocycles. The minimum Gasteiger partial charge on any atom is -0.454 e. The second-order valence-corrected chi connectivity index (χ2v) is 5.77. The van der Waals surface area contributed by atoms with Crippen LogP contribution in [-0.4, -0.2) is 21.1 Å². The third kappa shape index (κ3) is 2.95. The Bertz CT molecular complexity index is 1080. The third-order valence-corrected chi connectivity index (χ3v) is 3.99. The summed E-state index contributed by atoms with van der Waals surface area (Å²) in [6.07, 6.45) is 0. The van der Waals surface area contributed by atoms with Crippen molar-refractivity contribution in [2.75, 3.05) is 0 Å². The first-order chi connectivity index (χ1) is 12.6. The Balaban J connectivity index is 1.50. The predicted molar refractivity (Wildman–Crippen MR) is 91.8 cm³/mol. The number of halogens is 1. The van der Waals surface area contributed by atoms with Crippen molar-refractivity contribution in [3.05, 3.63) is 71.4 Å². The van der Waals surface area contributed by atoms with E-state index in [0.717, 1.165) is 16.6 Å². The van der Waals surface area contributed by atoms with Crippen molar-refractivity contribution in [2.24, 2.45) is 0 Å². The average Bonchev–Trinajstić information content (AvgIpc) is 3.24. The molecule has 6 nitrogen and oxygen atoms in total. The van der Waals surface area contributed by atoms with Gasteiger partial charge in [-0.15, -0.1) is 0 Å². The Morgan fingerprint density at radius 2 is 1.96 bits per heavy atom. The summed E-state index contributed by atoms with van der Waals surface area (Å²) in [5, 5.41) is 4.59. The number of H-pyrrole nitrogens is 1. The Kier molecular flexibility index (Phi) is 3.96. The molecule has 7 heteroatoms. The zero-order valence-corrected chi connectivity index (χ0v) is 13.8. The lowest BCUT2D eigenvalue weighted by Crippen LogP contribution is -2.07. The van der Waals surface area contributed by atoms with Gasteiger partial charge < -0.3 is 14.2 Å². The number of hydrogen-bond acceptors (Lipinski definition) is 5. The minimum atomic E-state index is -0.465. The van der Waals surface area contributed by atoms with Crippen molar-refractivity contribution in [1.82, 2.24) is 15.1 Å². The molecule has 0 saturated heterocycles. The zero-order chi connectivity index (χ0) is 18.1. The second kappa shape index (κ2) is 6.44. The predicted octanol–water partition coefficient (Wildman–Crippen LogP) is 4.02. The normalized spacial score (nSPS) is 11.0. The lowest BCUT2D eigenvalue weighted by molar-refractivity contribution is 0.0461. The largest absolute Gasteiger partial charge is 0.454 e. The highest BCUT2D eigenvalue weighted by molar-refractivity contribution is 6.05. The number of rotatable bonds is 4. The summed E-state index contributed by atoms with van der Waals surface area (Å²) in [5.74, 6) is -0.348. The van der Waals surface area contributed by atoms with Crippen LogP contribution in [0.3, 0.4) is 0 Å². The number of benzene rings is 2. The third-order valence-electron chi connectivity index (χ3n) is 3.99. The fraction of sp³-hybridized carbons (Fsp3) is 0.105. The molecule has 0 aliphatic rings. The van der Waals surface area contributed by atoms with E-state index in [2.05, 4.69) is 15.1 Å². The Labute approximate surface area is 147 Å². The van der Waals surface area contributed by atoms with Crippen LogP contribution < -0.4 is 0 Å². The fourth-order valence-corrected chi connectivity index (χ4v) is 2.76. The average molecular weight is 351 g/mol. The van der Waals surface area contributed by atoms with Crippen molar-refractivity contribution in [2.45, 2.75) is 13.5 Å². The number of aromatic amines is 1. The van der Waals surface area contributed by atoms with Gasteiger partial charge in [0.2, 0.25) is 5.82 Å². The lowest BCUT2D eigenvalue weighted by atomic mass is 10.1. The van der Waals surface area contributed by atoms with E-state index in [9.17, 15) is 9.18 Å². The molecule has 4 rings (SSSR count). The summed E-state index contributed by atoms with van der Waals surface area (Å²) in [6.45, 7) is 1.69. The van der Waals surface area contributed by atoms with E-state index in [1.165, 1.54) is 24.3 Å². The fourth-order valence-electron chi connectivity index (χ4n) is 2.76. The van der Waals surface area contributed by atoms with E-state index in [1.54, 1.807) is 0 Å². The van der Waals surface area contributed by atoms with Crippen molar-refractivity contribution in [3.63, 3.8) is 0 Å². The molecule has 2 aromatic carbocycles. The van der Waals surface area contributed by atoms with E-state index in [4.69, 9.17) is 9.26 Å². The summed E-state index contributed by atoms with van der Waals surface area (Å²) >= 11 is 0. The van der Waals surface area contributed by atoms with Gasteiger partial charge in [-0.1, -0.05) is 23.4 Å². The molecule has 1 N–H and O–H groups in total. The van der Waals surface area contributed by atoms with Gasteiger partial charge in [0.25, 0.3) is 5.89 Å². The first-order valence-corrected chi connectivity index (χ1v) is 7.95. The molecule has 0 radical (unpaired) electrons. The monoisotopic (exact) mass is 351 g/mol. The number of aromatic nitrogens is 3. The lowest BCUT2D eigenvalue weighted by Gasteiger charge is -2.02. The number of nitrogens with zero attached hydrogens (tertiary/aromatic N) is 2. The summed E-state index contributed by atoms with van der Waals surface area (Å²) in [4.78, 5) is 19.8. The number of nitrogens with one attached hydrogen (secondary N) is 1. The molecule has 2 heterocycles. The number of para-hydroxylation sites is 1. The Hall–Kier alpha value is -3.48. The van der Waals surface area contributed by atoms with Crippen molar-refractivity contribution in [3.8, 4) is 11.5 Å². The molecule has 0 atom stereocenters. The number of ether oxygens (including phenoxy) is 1.